The van der Waals surface area contributed by atoms with Crippen LogP contribution < -0.4 is 10.1 Å². The zero-order valence-electron chi connectivity index (χ0n) is 12.2. The van der Waals surface area contributed by atoms with Crippen molar-refractivity contribution in [1.29, 1.82) is 0 Å². The summed E-state index contributed by atoms with van der Waals surface area (Å²) in [5.41, 5.74) is 2.29. The quantitative estimate of drug-likeness (QED) is 0.829. The molecule has 0 spiro atoms. The number of amides is 1. The van der Waals surface area contributed by atoms with Crippen LogP contribution in [-0.4, -0.2) is 17.6 Å². The van der Waals surface area contributed by atoms with Gasteiger partial charge < -0.3 is 14.6 Å². The van der Waals surface area contributed by atoms with Crippen molar-refractivity contribution in [3.63, 3.8) is 0 Å². The van der Waals surface area contributed by atoms with Gasteiger partial charge in [-0.3, -0.25) is 4.79 Å². The van der Waals surface area contributed by atoms with Gasteiger partial charge in [-0.25, -0.2) is 0 Å². The van der Waals surface area contributed by atoms with Gasteiger partial charge in [0.05, 0.1) is 11.3 Å². The van der Waals surface area contributed by atoms with Crippen LogP contribution in [0.1, 0.15) is 27.4 Å². The number of aromatic nitrogens is 1. The molecule has 0 saturated carbocycles. The maximum atomic E-state index is 11.9. The van der Waals surface area contributed by atoms with E-state index in [9.17, 15) is 4.79 Å². The maximum absolute atomic E-state index is 11.9. The number of carbonyl (C=O) groups is 1. The molecule has 0 fully saturated rings. The average molecular weight is 286 g/mol. The molecule has 0 aliphatic heterocycles. The third-order valence-corrected chi connectivity index (χ3v) is 3.07. The predicted molar refractivity (Wildman–Crippen MR) is 79.3 cm³/mol. The first-order valence-electron chi connectivity index (χ1n) is 6.65. The third-order valence-electron chi connectivity index (χ3n) is 3.07. The lowest BCUT2D eigenvalue weighted by Crippen LogP contribution is -2.23. The monoisotopic (exact) mass is 286 g/mol. The minimum atomic E-state index is -0.155. The van der Waals surface area contributed by atoms with Crippen LogP contribution in [0.15, 0.2) is 41.4 Å². The molecule has 0 radical (unpaired) electrons. The van der Waals surface area contributed by atoms with Crippen LogP contribution in [0.4, 0.5) is 0 Å². The van der Waals surface area contributed by atoms with Crippen molar-refractivity contribution in [2.45, 2.75) is 20.5 Å². The second-order valence-corrected chi connectivity index (χ2v) is 4.62. The Kier molecular flexibility index (Phi) is 4.77. The molecule has 0 bridgehead atoms. The molecular formula is C16H18N2O3. The van der Waals surface area contributed by atoms with Crippen LogP contribution in [-0.2, 0) is 6.61 Å². The van der Waals surface area contributed by atoms with E-state index < -0.39 is 0 Å². The fourth-order valence-electron chi connectivity index (χ4n) is 1.86. The standard InChI is InChI=1S/C16H18N2O3/c1-4-8-17-16(19)13-6-5-7-14(9-13)20-10-15-11(2)18-21-12(15)3/h4-7,9H,1,8,10H2,2-3H3,(H,17,19). The van der Waals surface area contributed by atoms with Gasteiger partial charge in [0.25, 0.3) is 5.91 Å². The topological polar surface area (TPSA) is 64.4 Å². The molecule has 5 nitrogen and oxygen atoms in total. The van der Waals surface area contributed by atoms with Crippen molar-refractivity contribution in [2.24, 2.45) is 0 Å². The fraction of sp³-hybridized carbons (Fsp3) is 0.250. The normalized spacial score (nSPS) is 10.2. The van der Waals surface area contributed by atoms with Crippen molar-refractivity contribution in [3.8, 4) is 5.75 Å². The summed E-state index contributed by atoms with van der Waals surface area (Å²) in [6.07, 6.45) is 1.63. The number of benzene rings is 1. The van der Waals surface area contributed by atoms with Crippen LogP contribution in [0.2, 0.25) is 0 Å². The molecule has 1 heterocycles. The molecule has 0 atom stereocenters. The summed E-state index contributed by atoms with van der Waals surface area (Å²) in [5.74, 6) is 1.21. The van der Waals surface area contributed by atoms with Gasteiger partial charge in [0.1, 0.15) is 18.1 Å². The van der Waals surface area contributed by atoms with Gasteiger partial charge in [0.2, 0.25) is 0 Å². The second-order valence-electron chi connectivity index (χ2n) is 4.62. The minimum absolute atomic E-state index is 0.155. The summed E-state index contributed by atoms with van der Waals surface area (Å²) in [4.78, 5) is 11.9. The third kappa shape index (κ3) is 3.72. The van der Waals surface area contributed by atoms with Crippen LogP contribution >= 0.6 is 0 Å². The van der Waals surface area contributed by atoms with E-state index in [0.717, 1.165) is 17.0 Å². The lowest BCUT2D eigenvalue weighted by atomic mass is 10.2. The van der Waals surface area contributed by atoms with Gasteiger partial charge in [0.15, 0.2) is 0 Å². The molecule has 2 aromatic rings. The number of hydrogen-bond acceptors (Lipinski definition) is 4. The second kappa shape index (κ2) is 6.74. The Bertz CT molecular complexity index is 627. The van der Waals surface area contributed by atoms with Crippen molar-refractivity contribution in [2.75, 3.05) is 6.54 Å². The van der Waals surface area contributed by atoms with Gasteiger partial charge in [-0.05, 0) is 32.0 Å². The van der Waals surface area contributed by atoms with Crippen molar-refractivity contribution in [1.82, 2.24) is 10.5 Å². The first-order chi connectivity index (χ1) is 10.1. The number of rotatable bonds is 6. The van der Waals surface area contributed by atoms with E-state index in [1.165, 1.54) is 0 Å². The molecule has 21 heavy (non-hydrogen) atoms. The van der Waals surface area contributed by atoms with Gasteiger partial charge in [-0.2, -0.15) is 0 Å². The predicted octanol–water partition coefficient (Wildman–Crippen LogP) is 2.79. The summed E-state index contributed by atoms with van der Waals surface area (Å²) < 4.78 is 10.8. The molecule has 1 aromatic heterocycles. The molecule has 0 unspecified atom stereocenters. The van der Waals surface area contributed by atoms with E-state index in [0.29, 0.717) is 24.5 Å². The van der Waals surface area contributed by atoms with E-state index in [-0.39, 0.29) is 5.91 Å². The van der Waals surface area contributed by atoms with Crippen LogP contribution in [0.3, 0.4) is 0 Å². The lowest BCUT2D eigenvalue weighted by molar-refractivity contribution is 0.0957. The van der Waals surface area contributed by atoms with Gasteiger partial charge in [0, 0.05) is 12.1 Å². The summed E-state index contributed by atoms with van der Waals surface area (Å²) in [6.45, 7) is 8.07. The van der Waals surface area contributed by atoms with Crippen molar-refractivity contribution < 1.29 is 14.1 Å². The van der Waals surface area contributed by atoms with Gasteiger partial charge >= 0.3 is 0 Å². The number of nitrogens with one attached hydrogen (secondary N) is 1. The minimum Gasteiger partial charge on any atom is -0.489 e. The summed E-state index contributed by atoms with van der Waals surface area (Å²) >= 11 is 0. The summed E-state index contributed by atoms with van der Waals surface area (Å²) in [5, 5.41) is 6.61. The molecule has 0 aliphatic carbocycles. The molecule has 1 N–H and O–H groups in total. The number of aryl methyl sites for hydroxylation is 2. The van der Waals surface area contributed by atoms with E-state index in [2.05, 4.69) is 17.1 Å². The highest BCUT2D eigenvalue weighted by Gasteiger charge is 2.10. The number of carbonyl (C=O) groups excluding carboxylic acids is 1. The van der Waals surface area contributed by atoms with Crippen LogP contribution in [0.25, 0.3) is 0 Å². The highest BCUT2D eigenvalue weighted by molar-refractivity contribution is 5.94. The summed E-state index contributed by atoms with van der Waals surface area (Å²) in [7, 11) is 0. The highest BCUT2D eigenvalue weighted by atomic mass is 16.5. The molecule has 1 amide bonds. The van der Waals surface area contributed by atoms with Crippen LogP contribution in [0.5, 0.6) is 5.75 Å². The Balaban J connectivity index is 2.04. The molecule has 110 valence electrons. The Labute approximate surface area is 123 Å². The molecule has 1 aromatic carbocycles. The van der Waals surface area contributed by atoms with Crippen LogP contribution in [0, 0.1) is 13.8 Å². The van der Waals surface area contributed by atoms with Crippen molar-refractivity contribution >= 4 is 5.91 Å². The SMILES string of the molecule is C=CCNC(=O)c1cccc(OCc2c(C)noc2C)c1. The Morgan fingerprint density at radius 2 is 2.29 bits per heavy atom. The van der Waals surface area contributed by atoms with Gasteiger partial charge in [-0.1, -0.05) is 17.3 Å². The first-order valence-corrected chi connectivity index (χ1v) is 6.65. The fourth-order valence-corrected chi connectivity index (χ4v) is 1.86. The van der Waals surface area contributed by atoms with E-state index in [1.54, 1.807) is 24.3 Å². The zero-order valence-corrected chi connectivity index (χ0v) is 12.2. The molecular weight excluding hydrogens is 268 g/mol. The Morgan fingerprint density at radius 1 is 1.48 bits per heavy atom. The first kappa shape index (κ1) is 14.8. The maximum Gasteiger partial charge on any atom is 0.251 e. The number of nitrogens with zero attached hydrogens (tertiary/aromatic N) is 1. The number of ether oxygens (including phenoxy) is 1. The Hall–Kier alpha value is -2.56. The summed E-state index contributed by atoms with van der Waals surface area (Å²) in [6, 6.07) is 7.03. The average Bonchev–Trinajstić information content (AvgIpc) is 2.82. The number of hydrogen-bond donors (Lipinski definition) is 1. The zero-order chi connectivity index (χ0) is 15.2. The molecule has 0 saturated heterocycles. The highest BCUT2D eigenvalue weighted by Crippen LogP contribution is 2.18. The van der Waals surface area contributed by atoms with Crippen molar-refractivity contribution in [3.05, 3.63) is 59.5 Å². The molecule has 5 heteroatoms. The van der Waals surface area contributed by atoms with Gasteiger partial charge in [-0.15, -0.1) is 6.58 Å². The van der Waals surface area contributed by atoms with E-state index in [1.807, 2.05) is 19.9 Å². The molecule has 0 aliphatic rings. The van der Waals surface area contributed by atoms with E-state index >= 15 is 0 Å². The van der Waals surface area contributed by atoms with E-state index in [4.69, 9.17) is 9.26 Å². The lowest BCUT2D eigenvalue weighted by Gasteiger charge is -2.08. The molecule has 2 rings (SSSR count). The smallest absolute Gasteiger partial charge is 0.251 e. The Morgan fingerprint density at radius 3 is 2.95 bits per heavy atom. The largest absolute Gasteiger partial charge is 0.489 e.